The van der Waals surface area contributed by atoms with Crippen LogP contribution < -0.4 is 14.9 Å². The summed E-state index contributed by atoms with van der Waals surface area (Å²) in [7, 11) is 0.343. The molecule has 0 saturated carbocycles. The fourth-order valence-electron chi connectivity index (χ4n) is 5.94. The van der Waals surface area contributed by atoms with Crippen LogP contribution in [-0.2, 0) is 13.5 Å². The second-order valence-corrected chi connectivity index (χ2v) is 14.4. The highest BCUT2D eigenvalue weighted by Gasteiger charge is 2.41. The molecule has 0 fully saturated rings. The summed E-state index contributed by atoms with van der Waals surface area (Å²) in [6.45, 7) is 14.5. The molecule has 0 bridgehead atoms. The van der Waals surface area contributed by atoms with Gasteiger partial charge >= 0.3 is 0 Å². The van der Waals surface area contributed by atoms with Crippen molar-refractivity contribution in [2.75, 3.05) is 0 Å². The summed E-state index contributed by atoms with van der Waals surface area (Å²) in [4.78, 5) is 0. The van der Waals surface area contributed by atoms with E-state index < -0.39 is 8.07 Å². The molecule has 2 heteroatoms. The number of aromatic nitrogens is 1. The second kappa shape index (κ2) is 6.52. The van der Waals surface area contributed by atoms with Crippen LogP contribution in [0.2, 0.25) is 13.1 Å². The highest BCUT2D eigenvalue weighted by atomic mass is 28.3. The molecule has 0 amide bonds. The molecule has 0 saturated heterocycles. The molecule has 5 rings (SSSR count). The van der Waals surface area contributed by atoms with E-state index in [1.165, 1.54) is 49.5 Å². The van der Waals surface area contributed by atoms with Gasteiger partial charge in [0.1, 0.15) is 15.1 Å². The van der Waals surface area contributed by atoms with E-state index in [1.54, 1.807) is 10.4 Å². The summed E-state index contributed by atoms with van der Waals surface area (Å²) in [5, 5.41) is 8.98. The minimum atomic E-state index is -1.87. The van der Waals surface area contributed by atoms with Gasteiger partial charge in [0, 0.05) is 6.07 Å². The topological polar surface area (TPSA) is 3.88 Å². The predicted octanol–water partition coefficient (Wildman–Crippen LogP) is 5.44. The van der Waals surface area contributed by atoms with E-state index in [-0.39, 0.29) is 0 Å². The maximum atomic E-state index is 2.57. The number of hydrogen-bond donors (Lipinski definition) is 0. The van der Waals surface area contributed by atoms with Crippen LogP contribution in [0.25, 0.3) is 32.8 Å². The number of pyridine rings is 1. The summed E-state index contributed by atoms with van der Waals surface area (Å²) in [5.74, 6) is 0.669. The first-order valence-electron chi connectivity index (χ1n) is 11.2. The Kier molecular flexibility index (Phi) is 4.24. The molecule has 0 aliphatic carbocycles. The molecule has 1 aliphatic heterocycles. The fraction of sp³-hybridized carbons (Fsp3) is 0.321. The molecule has 1 aliphatic rings. The second-order valence-electron chi connectivity index (χ2n) is 10.2. The standard InChI is InChI=1S/C28H32NSi/c1-17(2)14-20-15-21-12-13-29(5)27-25-18(3)22-10-8-9-11-23(22)19(4)28(25)30(6,7)24(16-20)26(21)27/h8-13,15-17H,14H2,1-7H3/q+1. The molecule has 3 aromatic carbocycles. The Labute approximate surface area is 181 Å². The molecule has 4 aromatic rings. The molecule has 152 valence electrons. The number of fused-ring (bicyclic) bond motifs is 3. The van der Waals surface area contributed by atoms with Gasteiger partial charge < -0.3 is 0 Å². The van der Waals surface area contributed by atoms with Crippen molar-refractivity contribution in [3.8, 4) is 11.3 Å². The van der Waals surface area contributed by atoms with Crippen LogP contribution in [-0.4, -0.2) is 8.07 Å². The van der Waals surface area contributed by atoms with E-state index in [0.717, 1.165) is 6.42 Å². The van der Waals surface area contributed by atoms with Crippen LogP contribution in [0.15, 0.2) is 48.7 Å². The van der Waals surface area contributed by atoms with Crippen molar-refractivity contribution >= 4 is 40.0 Å². The molecule has 30 heavy (non-hydrogen) atoms. The lowest BCUT2D eigenvalue weighted by Crippen LogP contribution is -2.59. The minimum absolute atomic E-state index is 0.669. The summed E-state index contributed by atoms with van der Waals surface area (Å²) in [6.07, 6.45) is 3.40. The smallest absolute Gasteiger partial charge is 0.200 e. The van der Waals surface area contributed by atoms with Crippen molar-refractivity contribution < 1.29 is 4.57 Å². The highest BCUT2D eigenvalue weighted by molar-refractivity contribution is 7.03. The van der Waals surface area contributed by atoms with Gasteiger partial charge in [-0.1, -0.05) is 63.3 Å². The van der Waals surface area contributed by atoms with Gasteiger partial charge in [-0.15, -0.1) is 0 Å². The molecular weight excluding hydrogens is 378 g/mol. The van der Waals surface area contributed by atoms with Gasteiger partial charge in [0.05, 0.1) is 10.9 Å². The highest BCUT2D eigenvalue weighted by Crippen LogP contribution is 2.38. The Hall–Kier alpha value is -2.45. The average molecular weight is 411 g/mol. The summed E-state index contributed by atoms with van der Waals surface area (Å²) in [6, 6.07) is 16.3. The van der Waals surface area contributed by atoms with E-state index in [2.05, 4.69) is 101 Å². The van der Waals surface area contributed by atoms with Gasteiger partial charge in [0.2, 0.25) is 5.69 Å². The molecule has 0 radical (unpaired) electrons. The van der Waals surface area contributed by atoms with Crippen molar-refractivity contribution in [3.05, 3.63) is 65.4 Å². The number of benzene rings is 3. The quantitative estimate of drug-likeness (QED) is 0.306. The molecule has 0 spiro atoms. The lowest BCUT2D eigenvalue weighted by atomic mass is 9.90. The molecule has 1 nitrogen and oxygen atoms in total. The zero-order valence-electron chi connectivity index (χ0n) is 19.4. The van der Waals surface area contributed by atoms with Gasteiger partial charge in [-0.2, -0.15) is 0 Å². The molecular formula is C28H32NSi+. The Morgan fingerprint density at radius 1 is 0.933 bits per heavy atom. The molecule has 0 N–H and O–H groups in total. The molecule has 0 unspecified atom stereocenters. The largest absolute Gasteiger partial charge is 0.220 e. The normalized spacial score (nSPS) is 14.5. The van der Waals surface area contributed by atoms with Crippen molar-refractivity contribution in [2.45, 2.75) is 47.2 Å². The fourth-order valence-corrected chi connectivity index (χ4v) is 9.65. The Balaban J connectivity index is 2.01. The van der Waals surface area contributed by atoms with Crippen molar-refractivity contribution in [1.29, 1.82) is 0 Å². The Bertz CT molecular complexity index is 1340. The maximum Gasteiger partial charge on any atom is 0.220 e. The van der Waals surface area contributed by atoms with Gasteiger partial charge in [0.15, 0.2) is 6.20 Å². The van der Waals surface area contributed by atoms with Crippen LogP contribution in [0.3, 0.4) is 0 Å². The van der Waals surface area contributed by atoms with Crippen molar-refractivity contribution in [3.63, 3.8) is 0 Å². The van der Waals surface area contributed by atoms with E-state index in [9.17, 15) is 0 Å². The third-order valence-electron chi connectivity index (χ3n) is 7.21. The lowest BCUT2D eigenvalue weighted by Gasteiger charge is -2.35. The number of rotatable bonds is 2. The minimum Gasteiger partial charge on any atom is -0.200 e. The first kappa shape index (κ1) is 19.5. The van der Waals surface area contributed by atoms with E-state index in [1.807, 2.05) is 0 Å². The number of hydrogen-bond acceptors (Lipinski definition) is 0. The van der Waals surface area contributed by atoms with Crippen LogP contribution in [0.4, 0.5) is 0 Å². The first-order chi connectivity index (χ1) is 14.2. The van der Waals surface area contributed by atoms with Crippen LogP contribution in [0.5, 0.6) is 0 Å². The predicted molar refractivity (Wildman–Crippen MR) is 133 cm³/mol. The lowest BCUT2D eigenvalue weighted by molar-refractivity contribution is -0.659. The van der Waals surface area contributed by atoms with E-state index in [0.29, 0.717) is 5.92 Å². The van der Waals surface area contributed by atoms with Gasteiger partial charge in [-0.25, -0.2) is 4.57 Å². The Morgan fingerprint density at radius 2 is 1.60 bits per heavy atom. The van der Waals surface area contributed by atoms with E-state index >= 15 is 0 Å². The number of aryl methyl sites for hydroxylation is 3. The SMILES string of the molecule is Cc1c2c(c(C)c3ccccc13)[Si](C)(C)c1cc(CC(C)C)cc3cc[n+](C)c-2c13. The third-order valence-corrected chi connectivity index (χ3v) is 10.8. The molecule has 1 aromatic heterocycles. The molecule has 2 heterocycles. The maximum absolute atomic E-state index is 2.57. The Morgan fingerprint density at radius 3 is 2.27 bits per heavy atom. The first-order valence-corrected chi connectivity index (χ1v) is 14.2. The van der Waals surface area contributed by atoms with Crippen LogP contribution >= 0.6 is 0 Å². The van der Waals surface area contributed by atoms with E-state index in [4.69, 9.17) is 0 Å². The number of nitrogens with zero attached hydrogens (tertiary/aromatic N) is 1. The summed E-state index contributed by atoms with van der Waals surface area (Å²) < 4.78 is 2.36. The van der Waals surface area contributed by atoms with Crippen molar-refractivity contribution in [1.82, 2.24) is 0 Å². The zero-order chi connectivity index (χ0) is 21.4. The van der Waals surface area contributed by atoms with Gasteiger partial charge in [-0.05, 0) is 69.4 Å². The third kappa shape index (κ3) is 2.56. The van der Waals surface area contributed by atoms with Gasteiger partial charge in [0.25, 0.3) is 0 Å². The monoisotopic (exact) mass is 410 g/mol. The molecule has 0 atom stereocenters. The summed E-state index contributed by atoms with van der Waals surface area (Å²) >= 11 is 0. The zero-order valence-corrected chi connectivity index (χ0v) is 20.4. The van der Waals surface area contributed by atoms with Crippen LogP contribution in [0, 0.1) is 19.8 Å². The summed E-state index contributed by atoms with van der Waals surface area (Å²) in [5.41, 5.74) is 7.32. The average Bonchev–Trinajstić information content (AvgIpc) is 2.69. The van der Waals surface area contributed by atoms with Crippen LogP contribution in [0.1, 0.15) is 30.5 Å². The van der Waals surface area contributed by atoms with Crippen molar-refractivity contribution in [2.24, 2.45) is 13.0 Å². The van der Waals surface area contributed by atoms with Gasteiger partial charge in [-0.3, -0.25) is 0 Å².